The average Bonchev–Trinajstić information content (AvgIpc) is 2.82. The van der Waals surface area contributed by atoms with E-state index >= 15 is 0 Å². The Labute approximate surface area is 212 Å². The highest BCUT2D eigenvalue weighted by atomic mass is 35.5. The normalized spacial score (nSPS) is 14.4. The molecular weight excluding hydrogens is 474 g/mol. The molecule has 0 aliphatic rings. The van der Waals surface area contributed by atoms with Crippen LogP contribution in [0.1, 0.15) is 77.0 Å². The molecule has 1 aromatic heterocycles. The topological polar surface area (TPSA) is 84.0 Å². The smallest absolute Gasteiger partial charge is 0.166 e. The molecule has 0 fully saturated rings. The number of nitrogens with zero attached hydrogens (tertiary/aromatic N) is 1. The Kier molecular flexibility index (Phi) is 11.1. The number of nitrogens with one attached hydrogen (secondary N) is 2. The van der Waals surface area contributed by atoms with E-state index in [1.165, 1.54) is 24.8 Å². The van der Waals surface area contributed by atoms with Crippen LogP contribution in [0, 0.1) is 17.1 Å². The van der Waals surface area contributed by atoms with Gasteiger partial charge in [0.1, 0.15) is 11.9 Å². The summed E-state index contributed by atoms with van der Waals surface area (Å²) in [4.78, 5) is 4.23. The first-order valence-corrected chi connectivity index (χ1v) is 12.5. The maximum absolute atomic E-state index is 14.0. The minimum Gasteiger partial charge on any atom is -0.482 e. The van der Waals surface area contributed by atoms with Crippen molar-refractivity contribution < 1.29 is 9.13 Å². The van der Waals surface area contributed by atoms with Gasteiger partial charge in [-0.25, -0.2) is 9.37 Å². The molecule has 186 valence electrons. The molecule has 8 heteroatoms. The number of hydrogen-bond acceptors (Lipinski definition) is 5. The molecule has 5 nitrogen and oxygen atoms in total. The molecule has 3 unspecified atom stereocenters. The molecular formula is C26H35Cl2FN4O. The summed E-state index contributed by atoms with van der Waals surface area (Å²) < 4.78 is 19.9. The number of nitrogen functional groups attached to an aromatic ring is 1. The second-order valence-corrected chi connectivity index (χ2v) is 9.40. The number of ether oxygens (including phenoxy) is 1. The quantitative estimate of drug-likeness (QED) is 0.190. The number of pyridine rings is 1. The summed E-state index contributed by atoms with van der Waals surface area (Å²) >= 11 is 12.4. The molecule has 2 aromatic rings. The highest BCUT2D eigenvalue weighted by Crippen LogP contribution is 2.36. The minimum absolute atomic E-state index is 0.0914. The maximum Gasteiger partial charge on any atom is 0.166 e. The van der Waals surface area contributed by atoms with Crippen LogP contribution in [-0.2, 0) is 0 Å². The van der Waals surface area contributed by atoms with Crippen molar-refractivity contribution in [1.29, 1.82) is 5.41 Å². The van der Waals surface area contributed by atoms with Gasteiger partial charge >= 0.3 is 0 Å². The predicted molar refractivity (Wildman–Crippen MR) is 141 cm³/mol. The van der Waals surface area contributed by atoms with Gasteiger partial charge in [-0.15, -0.1) is 0 Å². The van der Waals surface area contributed by atoms with Crippen LogP contribution in [0.5, 0.6) is 5.75 Å². The molecule has 0 saturated carbocycles. The summed E-state index contributed by atoms with van der Waals surface area (Å²) in [5, 5.41) is 11.6. The molecule has 3 atom stereocenters. The van der Waals surface area contributed by atoms with Crippen molar-refractivity contribution in [1.82, 2.24) is 10.3 Å². The fraction of sp³-hybridized carbons (Fsp3) is 0.462. The number of rotatable bonds is 13. The molecule has 0 saturated heterocycles. The van der Waals surface area contributed by atoms with Crippen LogP contribution in [0.2, 0.25) is 10.0 Å². The van der Waals surface area contributed by atoms with E-state index in [0.29, 0.717) is 39.4 Å². The van der Waals surface area contributed by atoms with Crippen molar-refractivity contribution in [3.8, 4) is 5.75 Å². The molecule has 0 amide bonds. The summed E-state index contributed by atoms with van der Waals surface area (Å²) in [7, 11) is 0. The Morgan fingerprint density at radius 1 is 1.24 bits per heavy atom. The van der Waals surface area contributed by atoms with Crippen molar-refractivity contribution in [2.45, 2.75) is 71.9 Å². The van der Waals surface area contributed by atoms with Crippen molar-refractivity contribution in [3.05, 3.63) is 57.6 Å². The summed E-state index contributed by atoms with van der Waals surface area (Å²) in [6.07, 6.45) is 9.59. The van der Waals surface area contributed by atoms with Gasteiger partial charge in [-0.2, -0.15) is 0 Å². The van der Waals surface area contributed by atoms with Crippen LogP contribution >= 0.6 is 23.2 Å². The largest absolute Gasteiger partial charge is 0.482 e. The van der Waals surface area contributed by atoms with Gasteiger partial charge in [0.25, 0.3) is 0 Å². The standard InChI is InChI=1S/C26H35Cl2FN4O/c1-5-7-20(9-8-16(3)6-2)32-15-19(13-30)18-12-23(26(31)33-14-18)34-17(4)24-21(27)10-11-22(29)25(24)28/h10-17,20,30,32H,5-9H2,1-4H3,(H2,31,33)/b19-15+,30-13?. The van der Waals surface area contributed by atoms with Gasteiger partial charge in [0.15, 0.2) is 11.6 Å². The zero-order chi connectivity index (χ0) is 25.3. The molecule has 0 aliphatic heterocycles. The highest BCUT2D eigenvalue weighted by Gasteiger charge is 2.20. The zero-order valence-corrected chi connectivity index (χ0v) is 21.8. The molecule has 4 N–H and O–H groups in total. The summed E-state index contributed by atoms with van der Waals surface area (Å²) in [6.45, 7) is 8.37. The third-order valence-corrected chi connectivity index (χ3v) is 6.69. The van der Waals surface area contributed by atoms with E-state index in [9.17, 15) is 4.39 Å². The van der Waals surface area contributed by atoms with Crippen LogP contribution in [0.25, 0.3) is 5.57 Å². The number of benzene rings is 1. The molecule has 0 radical (unpaired) electrons. The summed E-state index contributed by atoms with van der Waals surface area (Å²) in [5.41, 5.74) is 7.70. The van der Waals surface area contributed by atoms with Gasteiger partial charge in [0.2, 0.25) is 0 Å². The molecule has 0 aliphatic carbocycles. The molecule has 2 rings (SSSR count). The van der Waals surface area contributed by atoms with E-state index in [2.05, 4.69) is 31.1 Å². The van der Waals surface area contributed by atoms with Crippen molar-refractivity contribution in [2.24, 2.45) is 5.92 Å². The maximum atomic E-state index is 14.0. The number of nitrogens with two attached hydrogens (primary N) is 1. The van der Waals surface area contributed by atoms with Gasteiger partial charge in [0, 0.05) is 46.4 Å². The molecule has 1 aromatic carbocycles. The second-order valence-electron chi connectivity index (χ2n) is 8.61. The van der Waals surface area contributed by atoms with Crippen LogP contribution in [0.3, 0.4) is 0 Å². The van der Waals surface area contributed by atoms with Crippen LogP contribution in [-0.4, -0.2) is 17.2 Å². The van der Waals surface area contributed by atoms with Crippen LogP contribution in [0.15, 0.2) is 30.6 Å². The Hall–Kier alpha value is -2.31. The van der Waals surface area contributed by atoms with Crippen molar-refractivity contribution >= 4 is 40.8 Å². The fourth-order valence-corrected chi connectivity index (χ4v) is 4.32. The summed E-state index contributed by atoms with van der Waals surface area (Å²) in [6, 6.07) is 4.70. The first-order chi connectivity index (χ1) is 16.2. The monoisotopic (exact) mass is 508 g/mol. The van der Waals surface area contributed by atoms with E-state index in [1.807, 2.05) is 6.20 Å². The molecule has 34 heavy (non-hydrogen) atoms. The van der Waals surface area contributed by atoms with Crippen LogP contribution in [0.4, 0.5) is 10.2 Å². The lowest BCUT2D eigenvalue weighted by Gasteiger charge is -2.20. The highest BCUT2D eigenvalue weighted by molar-refractivity contribution is 6.36. The van der Waals surface area contributed by atoms with E-state index < -0.39 is 11.9 Å². The number of aromatic nitrogens is 1. The van der Waals surface area contributed by atoms with E-state index in [1.54, 1.807) is 19.2 Å². The Bertz CT molecular complexity index is 999. The summed E-state index contributed by atoms with van der Waals surface area (Å²) in [5.74, 6) is 0.590. The zero-order valence-electron chi connectivity index (χ0n) is 20.3. The SMILES string of the molecule is CCCC(CCC(C)CC)N/C=C(\C=N)c1cnc(N)c(OC(C)c2c(Cl)ccc(F)c2Cl)c1. The average molecular weight is 509 g/mol. The lowest BCUT2D eigenvalue weighted by Crippen LogP contribution is -2.25. The Balaban J connectivity index is 2.24. The van der Waals surface area contributed by atoms with Crippen LogP contribution < -0.4 is 15.8 Å². The van der Waals surface area contributed by atoms with Gasteiger partial charge < -0.3 is 21.2 Å². The third-order valence-electron chi connectivity index (χ3n) is 5.98. The lowest BCUT2D eigenvalue weighted by atomic mass is 9.97. The first kappa shape index (κ1) is 27.9. The van der Waals surface area contributed by atoms with E-state index in [0.717, 1.165) is 25.7 Å². The van der Waals surface area contributed by atoms with Gasteiger partial charge in [-0.3, -0.25) is 0 Å². The number of allylic oxidation sites excluding steroid dienone is 1. The predicted octanol–water partition coefficient (Wildman–Crippen LogP) is 7.82. The first-order valence-electron chi connectivity index (χ1n) is 11.7. The Morgan fingerprint density at radius 3 is 2.62 bits per heavy atom. The van der Waals surface area contributed by atoms with Gasteiger partial charge in [0.05, 0.1) is 5.02 Å². The lowest BCUT2D eigenvalue weighted by molar-refractivity contribution is 0.227. The Morgan fingerprint density at radius 2 is 1.97 bits per heavy atom. The molecule has 0 bridgehead atoms. The fourth-order valence-electron chi connectivity index (χ4n) is 3.64. The second kappa shape index (κ2) is 13.5. The van der Waals surface area contributed by atoms with E-state index in [4.69, 9.17) is 39.1 Å². The molecule has 1 heterocycles. The van der Waals surface area contributed by atoms with Gasteiger partial charge in [-0.1, -0.05) is 56.8 Å². The number of hydrogen-bond donors (Lipinski definition) is 3. The number of halogens is 3. The minimum atomic E-state index is -0.671. The van der Waals surface area contributed by atoms with E-state index in [-0.39, 0.29) is 10.8 Å². The number of anilines is 1. The molecule has 0 spiro atoms. The van der Waals surface area contributed by atoms with Gasteiger partial charge in [-0.05, 0) is 50.3 Å². The van der Waals surface area contributed by atoms with Crippen molar-refractivity contribution in [3.63, 3.8) is 0 Å². The third kappa shape index (κ3) is 7.60. The van der Waals surface area contributed by atoms with Crippen molar-refractivity contribution in [2.75, 3.05) is 5.73 Å².